The molecule has 2 rings (SSSR count). The van der Waals surface area contributed by atoms with Gasteiger partial charge in [-0.3, -0.25) is 4.79 Å². The molecule has 0 heterocycles. The van der Waals surface area contributed by atoms with E-state index in [4.69, 9.17) is 5.26 Å². The fourth-order valence-corrected chi connectivity index (χ4v) is 1.99. The number of anilines is 2. The summed E-state index contributed by atoms with van der Waals surface area (Å²) in [6.07, 6.45) is -4.23. The van der Waals surface area contributed by atoms with Crippen molar-refractivity contribution in [2.75, 3.05) is 17.2 Å². The Bertz CT molecular complexity index is 749. The van der Waals surface area contributed by atoms with Gasteiger partial charge in [0, 0.05) is 24.3 Å². The molecule has 0 aromatic heterocycles. The molecule has 0 radical (unpaired) electrons. The van der Waals surface area contributed by atoms with Crippen molar-refractivity contribution < 1.29 is 18.0 Å². The van der Waals surface area contributed by atoms with Gasteiger partial charge >= 0.3 is 6.18 Å². The number of alkyl halides is 3. The van der Waals surface area contributed by atoms with E-state index >= 15 is 0 Å². The van der Waals surface area contributed by atoms with Crippen LogP contribution in [0.1, 0.15) is 17.5 Å². The number of halogens is 3. The monoisotopic (exact) mass is 333 g/mol. The van der Waals surface area contributed by atoms with Crippen LogP contribution in [0.3, 0.4) is 0 Å². The summed E-state index contributed by atoms with van der Waals surface area (Å²) in [4.78, 5) is 11.8. The van der Waals surface area contributed by atoms with Gasteiger partial charge in [0.1, 0.15) is 0 Å². The first-order chi connectivity index (χ1) is 11.4. The lowest BCUT2D eigenvalue weighted by Crippen LogP contribution is -2.16. The van der Waals surface area contributed by atoms with E-state index in [1.165, 1.54) is 12.1 Å². The molecule has 0 atom stereocenters. The fraction of sp³-hybridized carbons (Fsp3) is 0.176. The number of carbonyl (C=O) groups excluding carboxylic acids is 1. The van der Waals surface area contributed by atoms with E-state index in [9.17, 15) is 18.0 Å². The highest BCUT2D eigenvalue weighted by Gasteiger charge is 2.29. The van der Waals surface area contributed by atoms with Gasteiger partial charge in [-0.15, -0.1) is 0 Å². The highest BCUT2D eigenvalue weighted by atomic mass is 19.4. The number of hydrogen-bond acceptors (Lipinski definition) is 3. The molecule has 0 saturated carbocycles. The molecule has 0 bridgehead atoms. The molecular formula is C17H14F3N3O. The predicted molar refractivity (Wildman–Crippen MR) is 84.3 cm³/mol. The zero-order chi connectivity index (χ0) is 17.6. The molecule has 0 unspecified atom stereocenters. The van der Waals surface area contributed by atoms with Crippen molar-refractivity contribution in [2.24, 2.45) is 0 Å². The van der Waals surface area contributed by atoms with Crippen LogP contribution in [0.25, 0.3) is 0 Å². The Morgan fingerprint density at radius 3 is 2.42 bits per heavy atom. The van der Waals surface area contributed by atoms with Crippen LogP contribution in [-0.4, -0.2) is 12.5 Å². The average Bonchev–Trinajstić information content (AvgIpc) is 2.54. The lowest BCUT2D eigenvalue weighted by atomic mass is 10.2. The zero-order valence-electron chi connectivity index (χ0n) is 12.5. The maximum Gasteiger partial charge on any atom is 0.416 e. The smallest absolute Gasteiger partial charge is 0.385 e. The van der Waals surface area contributed by atoms with Crippen molar-refractivity contribution in [3.05, 3.63) is 59.7 Å². The lowest BCUT2D eigenvalue weighted by molar-refractivity contribution is -0.137. The summed E-state index contributed by atoms with van der Waals surface area (Å²) in [5.74, 6) is -0.260. The molecule has 1 amide bonds. The van der Waals surface area contributed by atoms with Gasteiger partial charge in [-0.05, 0) is 42.5 Å². The molecule has 2 aromatic rings. The second kappa shape index (κ2) is 7.51. The third-order valence-corrected chi connectivity index (χ3v) is 3.17. The van der Waals surface area contributed by atoms with E-state index in [-0.39, 0.29) is 18.9 Å². The van der Waals surface area contributed by atoms with Gasteiger partial charge in [-0.2, -0.15) is 18.4 Å². The van der Waals surface area contributed by atoms with Crippen LogP contribution in [0.15, 0.2) is 48.5 Å². The summed E-state index contributed by atoms with van der Waals surface area (Å²) in [6.45, 7) is 0.273. The Balaban J connectivity index is 1.81. The molecule has 0 aliphatic carbocycles. The van der Waals surface area contributed by atoms with Gasteiger partial charge in [0.2, 0.25) is 5.91 Å². The van der Waals surface area contributed by atoms with Crippen molar-refractivity contribution in [3.8, 4) is 6.07 Å². The van der Waals surface area contributed by atoms with Gasteiger partial charge in [-0.25, -0.2) is 0 Å². The Kier molecular flexibility index (Phi) is 5.42. The number of amides is 1. The highest BCUT2D eigenvalue weighted by molar-refractivity contribution is 5.91. The SMILES string of the molecule is N#Cc1cccc(NC(=O)CCNc2ccc(C(F)(F)F)cc2)c1. The van der Waals surface area contributed by atoms with E-state index in [0.717, 1.165) is 12.1 Å². The van der Waals surface area contributed by atoms with Crippen LogP contribution in [0.2, 0.25) is 0 Å². The average molecular weight is 333 g/mol. The minimum atomic E-state index is -4.36. The number of rotatable bonds is 5. The maximum absolute atomic E-state index is 12.4. The number of nitriles is 1. The van der Waals surface area contributed by atoms with E-state index in [1.807, 2.05) is 6.07 Å². The van der Waals surface area contributed by atoms with E-state index in [0.29, 0.717) is 16.9 Å². The molecule has 0 aliphatic rings. The van der Waals surface area contributed by atoms with E-state index in [2.05, 4.69) is 10.6 Å². The molecule has 0 spiro atoms. The van der Waals surface area contributed by atoms with Crippen LogP contribution < -0.4 is 10.6 Å². The molecule has 2 N–H and O–H groups in total. The largest absolute Gasteiger partial charge is 0.416 e. The Morgan fingerprint density at radius 1 is 1.08 bits per heavy atom. The zero-order valence-corrected chi connectivity index (χ0v) is 12.5. The molecule has 0 fully saturated rings. The number of hydrogen-bond donors (Lipinski definition) is 2. The minimum Gasteiger partial charge on any atom is -0.385 e. The molecule has 124 valence electrons. The fourth-order valence-electron chi connectivity index (χ4n) is 1.99. The molecule has 0 saturated heterocycles. The molecule has 0 aliphatic heterocycles. The number of nitrogens with one attached hydrogen (secondary N) is 2. The van der Waals surface area contributed by atoms with Gasteiger partial charge in [0.15, 0.2) is 0 Å². The van der Waals surface area contributed by atoms with Crippen LogP contribution in [0.4, 0.5) is 24.5 Å². The van der Waals surface area contributed by atoms with Crippen LogP contribution in [0, 0.1) is 11.3 Å². The Labute approximate surface area is 136 Å². The van der Waals surface area contributed by atoms with Crippen molar-refractivity contribution in [1.29, 1.82) is 5.26 Å². The van der Waals surface area contributed by atoms with E-state index in [1.54, 1.807) is 24.3 Å². The first kappa shape index (κ1) is 17.3. The lowest BCUT2D eigenvalue weighted by Gasteiger charge is -2.10. The minimum absolute atomic E-state index is 0.137. The van der Waals surface area contributed by atoms with Crippen LogP contribution >= 0.6 is 0 Å². The molecular weight excluding hydrogens is 319 g/mol. The van der Waals surface area contributed by atoms with Crippen LogP contribution in [0.5, 0.6) is 0 Å². The maximum atomic E-state index is 12.4. The predicted octanol–water partition coefficient (Wildman–Crippen LogP) is 4.02. The second-order valence-electron chi connectivity index (χ2n) is 4.99. The Morgan fingerprint density at radius 2 is 1.79 bits per heavy atom. The third kappa shape index (κ3) is 5.02. The van der Waals surface area contributed by atoms with E-state index < -0.39 is 11.7 Å². The van der Waals surface area contributed by atoms with Gasteiger partial charge in [-0.1, -0.05) is 6.07 Å². The quantitative estimate of drug-likeness (QED) is 0.869. The van der Waals surface area contributed by atoms with Gasteiger partial charge in [0.25, 0.3) is 0 Å². The van der Waals surface area contributed by atoms with Crippen molar-refractivity contribution in [2.45, 2.75) is 12.6 Å². The summed E-state index contributed by atoms with van der Waals surface area (Å²) in [7, 11) is 0. The third-order valence-electron chi connectivity index (χ3n) is 3.17. The molecule has 4 nitrogen and oxygen atoms in total. The molecule has 2 aromatic carbocycles. The summed E-state index contributed by atoms with van der Waals surface area (Å²) in [5.41, 5.74) is 0.745. The Hall–Kier alpha value is -3.01. The van der Waals surface area contributed by atoms with Crippen LogP contribution in [-0.2, 0) is 11.0 Å². The topological polar surface area (TPSA) is 64.9 Å². The highest BCUT2D eigenvalue weighted by Crippen LogP contribution is 2.29. The number of carbonyl (C=O) groups is 1. The normalized spacial score (nSPS) is 10.8. The van der Waals surface area contributed by atoms with Gasteiger partial charge in [0.05, 0.1) is 17.2 Å². The summed E-state index contributed by atoms with van der Waals surface area (Å²) in [6, 6.07) is 13.1. The first-order valence-corrected chi connectivity index (χ1v) is 7.09. The molecule has 24 heavy (non-hydrogen) atoms. The number of benzene rings is 2. The summed E-state index contributed by atoms with van der Waals surface area (Å²) < 4.78 is 37.3. The molecule has 7 heteroatoms. The van der Waals surface area contributed by atoms with Crippen molar-refractivity contribution >= 4 is 17.3 Å². The number of nitrogens with zero attached hydrogens (tertiary/aromatic N) is 1. The van der Waals surface area contributed by atoms with Gasteiger partial charge < -0.3 is 10.6 Å². The standard InChI is InChI=1S/C17H14F3N3O/c18-17(19,20)13-4-6-14(7-5-13)22-9-8-16(24)23-15-3-1-2-12(10-15)11-21/h1-7,10,22H,8-9H2,(H,23,24). The second-order valence-corrected chi connectivity index (χ2v) is 4.99. The van der Waals surface area contributed by atoms with Crippen molar-refractivity contribution in [3.63, 3.8) is 0 Å². The summed E-state index contributed by atoms with van der Waals surface area (Å²) in [5, 5.41) is 14.3. The first-order valence-electron chi connectivity index (χ1n) is 7.09. The summed E-state index contributed by atoms with van der Waals surface area (Å²) >= 11 is 0. The van der Waals surface area contributed by atoms with Crippen molar-refractivity contribution in [1.82, 2.24) is 0 Å².